The van der Waals surface area contributed by atoms with E-state index in [0.29, 0.717) is 0 Å². The van der Waals surface area contributed by atoms with Gasteiger partial charge in [-0.1, -0.05) is 70.9 Å². The molecule has 1 heteroatoms. The average molecular weight is 220 g/mol. The fraction of sp³-hybridized carbons (Fsp3) is 0.600. The van der Waals surface area contributed by atoms with Gasteiger partial charge in [-0.2, -0.15) is 0 Å². The Hall–Kier alpha value is -0.820. The summed E-state index contributed by atoms with van der Waals surface area (Å²) in [5, 5.41) is 11.0. The Balaban J connectivity index is 3.05. The van der Waals surface area contributed by atoms with Gasteiger partial charge in [0, 0.05) is 0 Å². The first-order valence-electron chi connectivity index (χ1n) is 6.19. The van der Waals surface area contributed by atoms with Gasteiger partial charge in [0.15, 0.2) is 0 Å². The van der Waals surface area contributed by atoms with Gasteiger partial charge in [-0.05, 0) is 17.4 Å². The lowest BCUT2D eigenvalue weighted by molar-refractivity contribution is -0.0727. The summed E-state index contributed by atoms with van der Waals surface area (Å²) in [7, 11) is 0. The predicted molar refractivity (Wildman–Crippen MR) is 69.3 cm³/mol. The fourth-order valence-corrected chi connectivity index (χ4v) is 2.10. The monoisotopic (exact) mass is 220 g/mol. The highest BCUT2D eigenvalue weighted by atomic mass is 16.3. The first kappa shape index (κ1) is 13.2. The molecule has 0 bridgehead atoms. The van der Waals surface area contributed by atoms with E-state index in [0.717, 1.165) is 24.8 Å². The van der Waals surface area contributed by atoms with Gasteiger partial charge in [-0.15, -0.1) is 0 Å². The molecule has 0 saturated heterocycles. The Morgan fingerprint density at radius 2 is 1.62 bits per heavy atom. The normalized spacial score (nSPS) is 15.8. The Kier molecular flexibility index (Phi) is 4.15. The van der Waals surface area contributed by atoms with Crippen LogP contribution in [0.25, 0.3) is 0 Å². The topological polar surface area (TPSA) is 20.2 Å². The Bertz CT molecular complexity index is 310. The maximum atomic E-state index is 11.0. The second kappa shape index (κ2) is 5.01. The SMILES string of the molecule is CCCCC(O)(c1ccccc1)C(C)(C)C. The molecule has 90 valence electrons. The molecule has 0 aliphatic rings. The van der Waals surface area contributed by atoms with E-state index in [2.05, 4.69) is 27.7 Å². The molecule has 1 atom stereocenters. The zero-order chi connectivity index (χ0) is 12.2. The molecule has 1 nitrogen and oxygen atoms in total. The summed E-state index contributed by atoms with van der Waals surface area (Å²) in [4.78, 5) is 0. The number of unbranched alkanes of at least 4 members (excludes halogenated alkanes) is 1. The maximum absolute atomic E-state index is 11.0. The largest absolute Gasteiger partial charge is 0.385 e. The summed E-state index contributed by atoms with van der Waals surface area (Å²) in [6.07, 6.45) is 3.00. The van der Waals surface area contributed by atoms with Crippen molar-refractivity contribution in [1.82, 2.24) is 0 Å². The number of hydrogen-bond acceptors (Lipinski definition) is 1. The van der Waals surface area contributed by atoms with E-state index < -0.39 is 5.60 Å². The van der Waals surface area contributed by atoms with Crippen molar-refractivity contribution in [2.45, 2.75) is 52.6 Å². The predicted octanol–water partition coefficient (Wildman–Crippen LogP) is 4.11. The Labute approximate surface area is 99.5 Å². The molecule has 1 aromatic carbocycles. The summed E-state index contributed by atoms with van der Waals surface area (Å²) in [6.45, 7) is 8.48. The Morgan fingerprint density at radius 3 is 2.06 bits per heavy atom. The van der Waals surface area contributed by atoms with Crippen molar-refractivity contribution < 1.29 is 5.11 Å². The van der Waals surface area contributed by atoms with E-state index in [9.17, 15) is 5.11 Å². The summed E-state index contributed by atoms with van der Waals surface area (Å²) in [6, 6.07) is 10.0. The number of aliphatic hydroxyl groups is 1. The van der Waals surface area contributed by atoms with Crippen molar-refractivity contribution >= 4 is 0 Å². The molecule has 1 aromatic rings. The Morgan fingerprint density at radius 1 is 1.06 bits per heavy atom. The van der Waals surface area contributed by atoms with Gasteiger partial charge in [0.05, 0.1) is 5.60 Å². The van der Waals surface area contributed by atoms with Crippen LogP contribution in [0.2, 0.25) is 0 Å². The summed E-state index contributed by atoms with van der Waals surface area (Å²) in [5.41, 5.74) is 0.185. The highest BCUT2D eigenvalue weighted by Gasteiger charge is 2.40. The minimum atomic E-state index is -0.718. The smallest absolute Gasteiger partial charge is 0.0944 e. The zero-order valence-electron chi connectivity index (χ0n) is 11.0. The molecular weight excluding hydrogens is 196 g/mol. The van der Waals surface area contributed by atoms with Gasteiger partial charge in [0.25, 0.3) is 0 Å². The van der Waals surface area contributed by atoms with Crippen LogP contribution in [-0.4, -0.2) is 5.11 Å². The lowest BCUT2D eigenvalue weighted by Crippen LogP contribution is -2.40. The first-order chi connectivity index (χ1) is 7.42. The lowest BCUT2D eigenvalue weighted by atomic mass is 9.69. The maximum Gasteiger partial charge on any atom is 0.0944 e. The fourth-order valence-electron chi connectivity index (χ4n) is 2.10. The molecule has 0 heterocycles. The van der Waals surface area contributed by atoms with Crippen LogP contribution in [0.4, 0.5) is 0 Å². The number of rotatable bonds is 4. The molecule has 0 aliphatic heterocycles. The lowest BCUT2D eigenvalue weighted by Gasteiger charge is -2.41. The molecule has 0 saturated carbocycles. The standard InChI is InChI=1S/C15H24O/c1-5-6-12-15(16,14(2,3)4)13-10-8-7-9-11-13/h7-11,16H,5-6,12H2,1-4H3. The second-order valence-electron chi connectivity index (χ2n) is 5.58. The quantitative estimate of drug-likeness (QED) is 0.809. The highest BCUT2D eigenvalue weighted by molar-refractivity contribution is 5.24. The van der Waals surface area contributed by atoms with Gasteiger partial charge < -0.3 is 5.11 Å². The van der Waals surface area contributed by atoms with Gasteiger partial charge in [-0.25, -0.2) is 0 Å². The van der Waals surface area contributed by atoms with Crippen molar-refractivity contribution in [3.8, 4) is 0 Å². The van der Waals surface area contributed by atoms with Crippen molar-refractivity contribution in [2.24, 2.45) is 5.41 Å². The minimum absolute atomic E-state index is 0.135. The van der Waals surface area contributed by atoms with Crippen molar-refractivity contribution in [3.05, 3.63) is 35.9 Å². The van der Waals surface area contributed by atoms with Crippen LogP contribution in [0, 0.1) is 5.41 Å². The molecular formula is C15H24O. The molecule has 16 heavy (non-hydrogen) atoms. The van der Waals surface area contributed by atoms with Gasteiger partial charge >= 0.3 is 0 Å². The van der Waals surface area contributed by atoms with Gasteiger partial charge in [-0.3, -0.25) is 0 Å². The van der Waals surface area contributed by atoms with Crippen LogP contribution in [0.3, 0.4) is 0 Å². The third-order valence-electron chi connectivity index (χ3n) is 3.38. The van der Waals surface area contributed by atoms with E-state index in [1.54, 1.807) is 0 Å². The average Bonchev–Trinajstić information content (AvgIpc) is 2.25. The molecule has 0 amide bonds. The minimum Gasteiger partial charge on any atom is -0.385 e. The molecule has 0 spiro atoms. The highest BCUT2D eigenvalue weighted by Crippen LogP contribution is 2.42. The molecule has 0 fully saturated rings. The molecule has 0 radical (unpaired) electrons. The first-order valence-corrected chi connectivity index (χ1v) is 6.19. The van der Waals surface area contributed by atoms with Crippen molar-refractivity contribution in [1.29, 1.82) is 0 Å². The van der Waals surface area contributed by atoms with E-state index >= 15 is 0 Å². The zero-order valence-corrected chi connectivity index (χ0v) is 11.0. The summed E-state index contributed by atoms with van der Waals surface area (Å²) < 4.78 is 0. The van der Waals surface area contributed by atoms with Gasteiger partial charge in [0.1, 0.15) is 0 Å². The molecule has 0 aliphatic carbocycles. The molecule has 1 rings (SSSR count). The van der Waals surface area contributed by atoms with E-state index in [1.165, 1.54) is 0 Å². The number of benzene rings is 1. The van der Waals surface area contributed by atoms with E-state index in [1.807, 2.05) is 30.3 Å². The molecule has 1 unspecified atom stereocenters. The van der Waals surface area contributed by atoms with Crippen LogP contribution in [0.15, 0.2) is 30.3 Å². The van der Waals surface area contributed by atoms with Crippen LogP contribution in [0.1, 0.15) is 52.5 Å². The third kappa shape index (κ3) is 2.65. The van der Waals surface area contributed by atoms with Gasteiger partial charge in [0.2, 0.25) is 0 Å². The van der Waals surface area contributed by atoms with Crippen LogP contribution in [-0.2, 0) is 5.60 Å². The van der Waals surface area contributed by atoms with Crippen LogP contribution in [0.5, 0.6) is 0 Å². The van der Waals surface area contributed by atoms with Crippen LogP contribution >= 0.6 is 0 Å². The van der Waals surface area contributed by atoms with Crippen LogP contribution < -0.4 is 0 Å². The second-order valence-corrected chi connectivity index (χ2v) is 5.58. The van der Waals surface area contributed by atoms with Crippen molar-refractivity contribution in [3.63, 3.8) is 0 Å². The molecule has 1 N–H and O–H groups in total. The van der Waals surface area contributed by atoms with Crippen molar-refractivity contribution in [2.75, 3.05) is 0 Å². The molecule has 0 aromatic heterocycles. The number of hydrogen-bond donors (Lipinski definition) is 1. The third-order valence-corrected chi connectivity index (χ3v) is 3.38. The summed E-state index contributed by atoms with van der Waals surface area (Å²) in [5.74, 6) is 0. The van der Waals surface area contributed by atoms with E-state index in [4.69, 9.17) is 0 Å². The van der Waals surface area contributed by atoms with E-state index in [-0.39, 0.29) is 5.41 Å². The summed E-state index contributed by atoms with van der Waals surface area (Å²) >= 11 is 0.